The topological polar surface area (TPSA) is 102 Å². The molecular weight excluding hydrogens is 406 g/mol. The molecule has 27 heavy (non-hydrogen) atoms. The van der Waals surface area contributed by atoms with Crippen LogP contribution in [0.3, 0.4) is 0 Å². The number of benzene rings is 2. The van der Waals surface area contributed by atoms with Gasteiger partial charge in [0, 0.05) is 16.3 Å². The van der Waals surface area contributed by atoms with Crippen LogP contribution in [0.2, 0.25) is 5.02 Å². The van der Waals surface area contributed by atoms with E-state index in [2.05, 4.69) is 10.3 Å². The number of carbonyl (C=O) groups is 1. The van der Waals surface area contributed by atoms with Gasteiger partial charge in [0.2, 0.25) is 15.9 Å². The number of hydrogen-bond acceptors (Lipinski definition) is 5. The molecule has 3 rings (SSSR count). The van der Waals surface area contributed by atoms with E-state index in [1.165, 1.54) is 17.4 Å². The number of rotatable bonds is 5. The largest absolute Gasteiger partial charge is 0.326 e. The van der Waals surface area contributed by atoms with Crippen molar-refractivity contribution in [3.8, 4) is 10.4 Å². The summed E-state index contributed by atoms with van der Waals surface area (Å²) in [5.74, 6) is -0.315. The summed E-state index contributed by atoms with van der Waals surface area (Å²) in [6.07, 6.45) is 0.0695. The minimum atomic E-state index is -3.99. The highest BCUT2D eigenvalue weighted by molar-refractivity contribution is 7.89. The van der Waals surface area contributed by atoms with Crippen molar-refractivity contribution < 1.29 is 13.2 Å². The van der Waals surface area contributed by atoms with E-state index in [0.29, 0.717) is 32.4 Å². The van der Waals surface area contributed by atoms with Crippen molar-refractivity contribution in [2.45, 2.75) is 18.2 Å². The van der Waals surface area contributed by atoms with Crippen molar-refractivity contribution in [1.29, 1.82) is 0 Å². The molecule has 1 aromatic heterocycles. The second-order valence-electron chi connectivity index (χ2n) is 5.84. The summed E-state index contributed by atoms with van der Waals surface area (Å²) in [5.41, 5.74) is 3.82. The second kappa shape index (κ2) is 7.77. The first kappa shape index (κ1) is 19.5. The highest BCUT2D eigenvalue weighted by Crippen LogP contribution is 2.34. The standard InChI is InChI=1S/C18H16ClN3O3S2/c1-11-18(26-10-21-11)14-7-6-13(9-16(14)27(20,24)25)22-17(23)8-12-4-2-3-5-15(12)19/h2-7,9-10H,8H2,1H3,(H,22,23)(H2,20,24,25). The van der Waals surface area contributed by atoms with E-state index in [4.69, 9.17) is 16.7 Å². The number of primary sulfonamides is 1. The van der Waals surface area contributed by atoms with Crippen LogP contribution in [0, 0.1) is 6.92 Å². The van der Waals surface area contributed by atoms with Gasteiger partial charge in [0.25, 0.3) is 0 Å². The van der Waals surface area contributed by atoms with Crippen molar-refractivity contribution in [2.24, 2.45) is 5.14 Å². The van der Waals surface area contributed by atoms with E-state index in [1.807, 2.05) is 0 Å². The van der Waals surface area contributed by atoms with Crippen LogP contribution in [0.25, 0.3) is 10.4 Å². The highest BCUT2D eigenvalue weighted by atomic mass is 35.5. The van der Waals surface area contributed by atoms with Gasteiger partial charge >= 0.3 is 0 Å². The van der Waals surface area contributed by atoms with Gasteiger partial charge in [-0.15, -0.1) is 11.3 Å². The van der Waals surface area contributed by atoms with Crippen LogP contribution in [0.4, 0.5) is 5.69 Å². The summed E-state index contributed by atoms with van der Waals surface area (Å²) in [6.45, 7) is 1.79. The maximum absolute atomic E-state index is 12.3. The highest BCUT2D eigenvalue weighted by Gasteiger charge is 2.19. The lowest BCUT2D eigenvalue weighted by molar-refractivity contribution is -0.115. The van der Waals surface area contributed by atoms with E-state index in [1.54, 1.807) is 48.8 Å². The third-order valence-electron chi connectivity index (χ3n) is 3.87. The van der Waals surface area contributed by atoms with Crippen molar-refractivity contribution in [3.05, 3.63) is 64.3 Å². The lowest BCUT2D eigenvalue weighted by Crippen LogP contribution is -2.17. The SMILES string of the molecule is Cc1ncsc1-c1ccc(NC(=O)Cc2ccccc2Cl)cc1S(N)(=O)=O. The fraction of sp³-hybridized carbons (Fsp3) is 0.111. The molecular formula is C18H16ClN3O3S2. The van der Waals surface area contributed by atoms with E-state index in [0.717, 1.165) is 0 Å². The van der Waals surface area contributed by atoms with Crippen molar-refractivity contribution in [3.63, 3.8) is 0 Å². The third-order valence-corrected chi connectivity index (χ3v) is 6.15. The minimum Gasteiger partial charge on any atom is -0.326 e. The molecule has 2 aromatic carbocycles. The van der Waals surface area contributed by atoms with Gasteiger partial charge < -0.3 is 5.32 Å². The van der Waals surface area contributed by atoms with E-state index >= 15 is 0 Å². The first-order valence-corrected chi connectivity index (χ1v) is 10.7. The summed E-state index contributed by atoms with van der Waals surface area (Å²) >= 11 is 7.39. The molecule has 0 saturated heterocycles. The molecule has 0 aliphatic rings. The van der Waals surface area contributed by atoms with Gasteiger partial charge in [0.1, 0.15) is 0 Å². The monoisotopic (exact) mass is 421 g/mol. The van der Waals surface area contributed by atoms with Crippen LogP contribution >= 0.6 is 22.9 Å². The number of sulfonamides is 1. The van der Waals surface area contributed by atoms with Crippen molar-refractivity contribution in [2.75, 3.05) is 5.32 Å². The van der Waals surface area contributed by atoms with Crippen LogP contribution in [-0.4, -0.2) is 19.3 Å². The first-order chi connectivity index (χ1) is 12.8. The first-order valence-electron chi connectivity index (χ1n) is 7.86. The summed E-state index contributed by atoms with van der Waals surface area (Å²) in [5, 5.41) is 8.56. The van der Waals surface area contributed by atoms with Gasteiger partial charge in [-0.2, -0.15) is 0 Å². The number of hydrogen-bond donors (Lipinski definition) is 2. The lowest BCUT2D eigenvalue weighted by atomic mass is 10.1. The molecule has 140 valence electrons. The van der Waals surface area contributed by atoms with Gasteiger partial charge in [0.15, 0.2) is 0 Å². The molecule has 0 radical (unpaired) electrons. The second-order valence-corrected chi connectivity index (χ2v) is 8.63. The summed E-state index contributed by atoms with van der Waals surface area (Å²) in [4.78, 5) is 17.1. The normalized spacial score (nSPS) is 11.4. The zero-order valence-corrected chi connectivity index (χ0v) is 16.7. The van der Waals surface area contributed by atoms with Gasteiger partial charge in [-0.3, -0.25) is 4.79 Å². The molecule has 0 unspecified atom stereocenters. The molecule has 0 atom stereocenters. The van der Waals surface area contributed by atoms with Gasteiger partial charge in [-0.05, 0) is 30.7 Å². The smallest absolute Gasteiger partial charge is 0.238 e. The Morgan fingerprint density at radius 2 is 2.00 bits per heavy atom. The number of amides is 1. The number of nitrogens with zero attached hydrogens (tertiary/aromatic N) is 1. The molecule has 6 nitrogen and oxygen atoms in total. The quantitative estimate of drug-likeness (QED) is 0.656. The Bertz CT molecular complexity index is 1110. The average molecular weight is 422 g/mol. The summed E-state index contributed by atoms with van der Waals surface area (Å²) in [7, 11) is -3.99. The summed E-state index contributed by atoms with van der Waals surface area (Å²) in [6, 6.07) is 11.6. The molecule has 0 bridgehead atoms. The van der Waals surface area contributed by atoms with Crippen LogP contribution in [0.5, 0.6) is 0 Å². The van der Waals surface area contributed by atoms with Crippen LogP contribution in [-0.2, 0) is 21.2 Å². The number of aromatic nitrogens is 1. The molecule has 3 N–H and O–H groups in total. The number of carbonyl (C=O) groups excluding carboxylic acids is 1. The molecule has 3 aromatic rings. The molecule has 0 aliphatic heterocycles. The Hall–Kier alpha value is -2.26. The minimum absolute atomic E-state index is 0.0645. The van der Waals surface area contributed by atoms with Gasteiger partial charge in [-0.1, -0.05) is 35.9 Å². The molecule has 0 aliphatic carbocycles. The fourth-order valence-corrected chi connectivity index (χ4v) is 4.48. The van der Waals surface area contributed by atoms with Crippen LogP contribution < -0.4 is 10.5 Å². The van der Waals surface area contributed by atoms with Crippen molar-refractivity contribution in [1.82, 2.24) is 4.98 Å². The van der Waals surface area contributed by atoms with E-state index in [9.17, 15) is 13.2 Å². The zero-order chi connectivity index (χ0) is 19.6. The number of anilines is 1. The Morgan fingerprint density at radius 3 is 2.63 bits per heavy atom. The van der Waals surface area contributed by atoms with Crippen LogP contribution in [0.15, 0.2) is 52.9 Å². The maximum Gasteiger partial charge on any atom is 0.238 e. The fourth-order valence-electron chi connectivity index (χ4n) is 2.60. The Kier molecular flexibility index (Phi) is 5.61. The van der Waals surface area contributed by atoms with Gasteiger partial charge in [-0.25, -0.2) is 18.5 Å². The maximum atomic E-state index is 12.3. The molecule has 1 amide bonds. The Balaban J connectivity index is 1.90. The number of thiazole rings is 1. The molecule has 9 heteroatoms. The average Bonchev–Trinajstić information content (AvgIpc) is 3.02. The molecule has 1 heterocycles. The Labute approximate surface area is 166 Å². The lowest BCUT2D eigenvalue weighted by Gasteiger charge is -2.11. The van der Waals surface area contributed by atoms with Gasteiger partial charge in [0.05, 0.1) is 27.4 Å². The number of halogens is 1. The van der Waals surface area contributed by atoms with E-state index in [-0.39, 0.29) is 17.2 Å². The zero-order valence-electron chi connectivity index (χ0n) is 14.3. The predicted molar refractivity (Wildman–Crippen MR) is 107 cm³/mol. The molecule has 0 fully saturated rings. The van der Waals surface area contributed by atoms with Crippen molar-refractivity contribution >= 4 is 44.6 Å². The number of nitrogens with one attached hydrogen (secondary N) is 1. The Morgan fingerprint density at radius 1 is 1.26 bits per heavy atom. The summed E-state index contributed by atoms with van der Waals surface area (Å²) < 4.78 is 24.1. The third kappa shape index (κ3) is 4.54. The molecule has 0 saturated carbocycles. The number of nitrogens with two attached hydrogens (primary N) is 1. The van der Waals surface area contributed by atoms with E-state index < -0.39 is 10.0 Å². The number of aryl methyl sites for hydroxylation is 1. The molecule has 0 spiro atoms. The predicted octanol–water partition coefficient (Wildman–Crippen LogP) is 3.60. The van der Waals surface area contributed by atoms with Crippen LogP contribution in [0.1, 0.15) is 11.3 Å².